The topological polar surface area (TPSA) is 64.1 Å². The van der Waals surface area contributed by atoms with E-state index in [1.807, 2.05) is 61.5 Å². The molecular formula is C26H31N3O4. The molecule has 0 aliphatic carbocycles. The molecule has 2 aromatic carbocycles. The Morgan fingerprint density at radius 3 is 2.30 bits per heavy atom. The van der Waals surface area contributed by atoms with Gasteiger partial charge < -0.3 is 24.0 Å². The Labute approximate surface area is 195 Å². The maximum atomic E-state index is 13.1. The molecule has 3 aromatic rings. The molecule has 7 nitrogen and oxygen atoms in total. The summed E-state index contributed by atoms with van der Waals surface area (Å²) in [5, 5.41) is 0.990. The van der Waals surface area contributed by atoms with E-state index in [4.69, 9.17) is 19.2 Å². The van der Waals surface area contributed by atoms with Crippen LogP contribution in [0.1, 0.15) is 11.1 Å². The number of benzene rings is 2. The Hall–Kier alpha value is -3.58. The number of hydrogen-bond acceptors (Lipinski definition) is 6. The van der Waals surface area contributed by atoms with Crippen LogP contribution in [-0.4, -0.2) is 64.4 Å². The predicted octanol–water partition coefficient (Wildman–Crippen LogP) is 4.01. The highest BCUT2D eigenvalue weighted by atomic mass is 16.5. The predicted molar refractivity (Wildman–Crippen MR) is 132 cm³/mol. The molecule has 174 valence electrons. The zero-order chi connectivity index (χ0) is 23.8. The fourth-order valence-electron chi connectivity index (χ4n) is 3.47. The molecule has 1 aromatic heterocycles. The molecule has 0 bridgehead atoms. The van der Waals surface area contributed by atoms with Crippen LogP contribution in [0.4, 0.5) is 5.82 Å². The lowest BCUT2D eigenvalue weighted by molar-refractivity contribution is -0.127. The normalized spacial score (nSPS) is 11.1. The van der Waals surface area contributed by atoms with Crippen LogP contribution < -0.4 is 14.4 Å². The molecule has 1 heterocycles. The zero-order valence-electron chi connectivity index (χ0n) is 19.9. The van der Waals surface area contributed by atoms with Gasteiger partial charge in [-0.1, -0.05) is 12.1 Å². The van der Waals surface area contributed by atoms with Gasteiger partial charge in [0.25, 0.3) is 0 Å². The standard InChI is InChI=1S/C26H31N3O4/c1-28(2)26-21(16-20-9-12-23(33-5)17-24(20)27-26)18-29(14-15-31-3)25(30)13-8-19-6-10-22(32-4)11-7-19/h6-13,16-17H,14-15,18H2,1-5H3/b13-8+. The number of methoxy groups -OCH3 is 3. The van der Waals surface area contributed by atoms with Gasteiger partial charge in [0.1, 0.15) is 17.3 Å². The third-order valence-corrected chi connectivity index (χ3v) is 5.28. The van der Waals surface area contributed by atoms with Gasteiger partial charge >= 0.3 is 0 Å². The van der Waals surface area contributed by atoms with Crippen molar-refractivity contribution in [2.24, 2.45) is 0 Å². The lowest BCUT2D eigenvalue weighted by atomic mass is 10.1. The van der Waals surface area contributed by atoms with Gasteiger partial charge in [-0.15, -0.1) is 0 Å². The molecule has 0 atom stereocenters. The Morgan fingerprint density at radius 1 is 0.970 bits per heavy atom. The van der Waals surface area contributed by atoms with E-state index in [-0.39, 0.29) is 5.91 Å². The van der Waals surface area contributed by atoms with Crippen molar-refractivity contribution in [1.82, 2.24) is 9.88 Å². The van der Waals surface area contributed by atoms with Gasteiger partial charge in [0.2, 0.25) is 5.91 Å². The van der Waals surface area contributed by atoms with Gasteiger partial charge in [-0.05, 0) is 42.0 Å². The Balaban J connectivity index is 1.88. The summed E-state index contributed by atoms with van der Waals surface area (Å²) in [6.07, 6.45) is 3.39. The van der Waals surface area contributed by atoms with Crippen molar-refractivity contribution >= 4 is 28.7 Å². The third kappa shape index (κ3) is 6.23. The van der Waals surface area contributed by atoms with Crippen molar-refractivity contribution in [3.05, 3.63) is 65.7 Å². The molecule has 3 rings (SSSR count). The highest BCUT2D eigenvalue weighted by molar-refractivity contribution is 5.92. The minimum atomic E-state index is -0.0950. The first-order valence-corrected chi connectivity index (χ1v) is 10.7. The molecule has 1 amide bonds. The maximum absolute atomic E-state index is 13.1. The van der Waals surface area contributed by atoms with Gasteiger partial charge in [0.15, 0.2) is 0 Å². The highest BCUT2D eigenvalue weighted by Gasteiger charge is 2.17. The second-order valence-electron chi connectivity index (χ2n) is 7.78. The number of carbonyl (C=O) groups excluding carboxylic acids is 1. The molecule has 33 heavy (non-hydrogen) atoms. The van der Waals surface area contributed by atoms with Crippen LogP contribution in [0.5, 0.6) is 11.5 Å². The van der Waals surface area contributed by atoms with E-state index in [1.54, 1.807) is 38.4 Å². The summed E-state index contributed by atoms with van der Waals surface area (Å²) in [5.41, 5.74) is 2.72. The largest absolute Gasteiger partial charge is 0.497 e. The van der Waals surface area contributed by atoms with E-state index in [9.17, 15) is 4.79 Å². The van der Waals surface area contributed by atoms with Crippen LogP contribution in [0.25, 0.3) is 17.0 Å². The molecule has 0 N–H and O–H groups in total. The van der Waals surface area contributed by atoms with Crippen LogP contribution in [0, 0.1) is 0 Å². The second-order valence-corrected chi connectivity index (χ2v) is 7.78. The highest BCUT2D eigenvalue weighted by Crippen LogP contribution is 2.26. The number of aromatic nitrogens is 1. The van der Waals surface area contributed by atoms with E-state index in [0.29, 0.717) is 19.7 Å². The van der Waals surface area contributed by atoms with Gasteiger partial charge in [0, 0.05) is 57.4 Å². The first-order valence-electron chi connectivity index (χ1n) is 10.7. The summed E-state index contributed by atoms with van der Waals surface area (Å²) in [4.78, 5) is 21.6. The van der Waals surface area contributed by atoms with E-state index < -0.39 is 0 Å². The number of pyridine rings is 1. The second kappa shape index (κ2) is 11.3. The van der Waals surface area contributed by atoms with Gasteiger partial charge in [-0.3, -0.25) is 4.79 Å². The molecule has 0 unspecified atom stereocenters. The molecule has 0 fully saturated rings. The summed E-state index contributed by atoms with van der Waals surface area (Å²) < 4.78 is 15.8. The number of carbonyl (C=O) groups is 1. The zero-order valence-corrected chi connectivity index (χ0v) is 19.9. The SMILES string of the molecule is COCCN(Cc1cc2ccc(OC)cc2nc1N(C)C)C(=O)/C=C/c1ccc(OC)cc1. The summed E-state index contributed by atoms with van der Waals surface area (Å²) in [7, 11) is 8.79. The minimum Gasteiger partial charge on any atom is -0.497 e. The van der Waals surface area contributed by atoms with Crippen molar-refractivity contribution in [2.75, 3.05) is 53.5 Å². The molecular weight excluding hydrogens is 418 g/mol. The van der Waals surface area contributed by atoms with E-state index in [0.717, 1.165) is 39.3 Å². The third-order valence-electron chi connectivity index (χ3n) is 5.28. The van der Waals surface area contributed by atoms with Gasteiger partial charge in [0.05, 0.1) is 26.3 Å². The Kier molecular flexibility index (Phi) is 8.27. The molecule has 0 aliphatic rings. The van der Waals surface area contributed by atoms with Crippen molar-refractivity contribution in [2.45, 2.75) is 6.54 Å². The first kappa shape index (κ1) is 24.1. The smallest absolute Gasteiger partial charge is 0.246 e. The van der Waals surface area contributed by atoms with Crippen molar-refractivity contribution in [1.29, 1.82) is 0 Å². The molecule has 0 saturated heterocycles. The maximum Gasteiger partial charge on any atom is 0.246 e. The number of fused-ring (bicyclic) bond motifs is 1. The average molecular weight is 450 g/mol. The van der Waals surface area contributed by atoms with Crippen molar-refractivity contribution in [3.63, 3.8) is 0 Å². The van der Waals surface area contributed by atoms with Gasteiger partial charge in [-0.25, -0.2) is 4.98 Å². The van der Waals surface area contributed by atoms with Crippen LogP contribution in [0.15, 0.2) is 54.6 Å². The lowest BCUT2D eigenvalue weighted by Gasteiger charge is -2.24. The van der Waals surface area contributed by atoms with E-state index in [2.05, 4.69) is 6.07 Å². The van der Waals surface area contributed by atoms with Gasteiger partial charge in [-0.2, -0.15) is 0 Å². The number of ether oxygens (including phenoxy) is 3. The number of nitrogens with zero attached hydrogens (tertiary/aromatic N) is 3. The number of anilines is 1. The quantitative estimate of drug-likeness (QED) is 0.436. The summed E-state index contributed by atoms with van der Waals surface area (Å²) in [6.45, 7) is 1.32. The molecule has 7 heteroatoms. The van der Waals surface area contributed by atoms with Crippen LogP contribution in [-0.2, 0) is 16.1 Å². The number of hydrogen-bond donors (Lipinski definition) is 0. The number of amides is 1. The Morgan fingerprint density at radius 2 is 1.67 bits per heavy atom. The molecule has 0 radical (unpaired) electrons. The average Bonchev–Trinajstić information content (AvgIpc) is 2.84. The molecule has 0 saturated carbocycles. The lowest BCUT2D eigenvalue weighted by Crippen LogP contribution is -2.32. The minimum absolute atomic E-state index is 0.0950. The molecule has 0 aliphatic heterocycles. The van der Waals surface area contributed by atoms with Crippen LogP contribution in [0.2, 0.25) is 0 Å². The van der Waals surface area contributed by atoms with Crippen molar-refractivity contribution in [3.8, 4) is 11.5 Å². The summed E-state index contributed by atoms with van der Waals surface area (Å²) >= 11 is 0. The van der Waals surface area contributed by atoms with Crippen molar-refractivity contribution < 1.29 is 19.0 Å². The monoisotopic (exact) mass is 449 g/mol. The van der Waals surface area contributed by atoms with E-state index >= 15 is 0 Å². The Bertz CT molecular complexity index is 1110. The van der Waals surface area contributed by atoms with E-state index in [1.165, 1.54) is 0 Å². The van der Waals surface area contributed by atoms with Crippen LogP contribution in [0.3, 0.4) is 0 Å². The number of rotatable bonds is 10. The summed E-state index contributed by atoms with van der Waals surface area (Å²) in [5.74, 6) is 2.25. The molecule has 0 spiro atoms. The van der Waals surface area contributed by atoms with Crippen LogP contribution >= 0.6 is 0 Å². The fourth-order valence-corrected chi connectivity index (χ4v) is 3.47. The summed E-state index contributed by atoms with van der Waals surface area (Å²) in [6, 6.07) is 15.4. The fraction of sp³-hybridized carbons (Fsp3) is 0.308. The first-order chi connectivity index (χ1) is 15.9.